The molecule has 3 rings (SSSR count). The second-order valence-corrected chi connectivity index (χ2v) is 6.13. The standard InChI is InChI=1S/C19H14N2O2S/c1-13-2-6-15(7-3-13)18-21-17(12-24-18)11-23-19(22)16-8-4-14(10-20)5-9-16/h2-9,12H,11H2,1H3. The third kappa shape index (κ3) is 3.67. The Bertz CT molecular complexity index is 890. The maximum absolute atomic E-state index is 12.0. The average Bonchev–Trinajstić information content (AvgIpc) is 3.09. The molecule has 0 saturated carbocycles. The molecule has 0 aliphatic carbocycles. The van der Waals surface area contributed by atoms with Crippen molar-refractivity contribution in [3.05, 3.63) is 76.3 Å². The number of rotatable bonds is 4. The summed E-state index contributed by atoms with van der Waals surface area (Å²) in [5.41, 5.74) is 3.90. The molecule has 3 aromatic rings. The molecular formula is C19H14N2O2S. The van der Waals surface area contributed by atoms with E-state index in [1.54, 1.807) is 24.3 Å². The lowest BCUT2D eigenvalue weighted by atomic mass is 10.1. The van der Waals surface area contributed by atoms with Gasteiger partial charge in [-0.15, -0.1) is 11.3 Å². The summed E-state index contributed by atoms with van der Waals surface area (Å²) in [4.78, 5) is 16.5. The van der Waals surface area contributed by atoms with Crippen LogP contribution in [-0.4, -0.2) is 11.0 Å². The number of thiazole rings is 1. The molecule has 1 heterocycles. The SMILES string of the molecule is Cc1ccc(-c2nc(COC(=O)c3ccc(C#N)cc3)cs2)cc1. The van der Waals surface area contributed by atoms with Crippen LogP contribution < -0.4 is 0 Å². The van der Waals surface area contributed by atoms with E-state index in [2.05, 4.69) is 4.98 Å². The fourth-order valence-corrected chi connectivity index (χ4v) is 2.92. The van der Waals surface area contributed by atoms with Crippen molar-refractivity contribution in [2.75, 3.05) is 0 Å². The minimum Gasteiger partial charge on any atom is -0.456 e. The Morgan fingerprint density at radius 2 is 1.88 bits per heavy atom. The first-order valence-corrected chi connectivity index (χ1v) is 8.22. The van der Waals surface area contributed by atoms with Crippen LogP contribution in [0.5, 0.6) is 0 Å². The van der Waals surface area contributed by atoms with Gasteiger partial charge in [-0.1, -0.05) is 29.8 Å². The molecule has 0 saturated heterocycles. The maximum Gasteiger partial charge on any atom is 0.338 e. The van der Waals surface area contributed by atoms with E-state index in [1.807, 2.05) is 42.6 Å². The lowest BCUT2D eigenvalue weighted by Crippen LogP contribution is -2.05. The summed E-state index contributed by atoms with van der Waals surface area (Å²) >= 11 is 1.52. The molecule has 4 nitrogen and oxygen atoms in total. The van der Waals surface area contributed by atoms with Crippen LogP contribution >= 0.6 is 11.3 Å². The molecule has 0 bridgehead atoms. The lowest BCUT2D eigenvalue weighted by Gasteiger charge is -2.03. The predicted molar refractivity (Wildman–Crippen MR) is 92.6 cm³/mol. The summed E-state index contributed by atoms with van der Waals surface area (Å²) in [6.07, 6.45) is 0. The van der Waals surface area contributed by atoms with Gasteiger partial charge in [0, 0.05) is 10.9 Å². The number of esters is 1. The van der Waals surface area contributed by atoms with E-state index < -0.39 is 5.97 Å². The molecule has 118 valence electrons. The molecule has 0 radical (unpaired) electrons. The zero-order valence-corrected chi connectivity index (χ0v) is 13.8. The number of hydrogen-bond donors (Lipinski definition) is 0. The van der Waals surface area contributed by atoms with Crippen molar-refractivity contribution in [3.63, 3.8) is 0 Å². The monoisotopic (exact) mass is 334 g/mol. The van der Waals surface area contributed by atoms with Gasteiger partial charge in [0.1, 0.15) is 11.6 Å². The van der Waals surface area contributed by atoms with E-state index in [-0.39, 0.29) is 6.61 Å². The second kappa shape index (κ2) is 7.07. The van der Waals surface area contributed by atoms with E-state index in [4.69, 9.17) is 10.00 Å². The first-order valence-electron chi connectivity index (χ1n) is 7.34. The van der Waals surface area contributed by atoms with Gasteiger partial charge in [-0.2, -0.15) is 5.26 Å². The van der Waals surface area contributed by atoms with Crippen molar-refractivity contribution in [1.82, 2.24) is 4.98 Å². The Hall–Kier alpha value is -2.97. The summed E-state index contributed by atoms with van der Waals surface area (Å²) in [7, 11) is 0. The fraction of sp³-hybridized carbons (Fsp3) is 0.105. The van der Waals surface area contributed by atoms with Gasteiger partial charge < -0.3 is 4.74 Å². The molecule has 0 amide bonds. The largest absolute Gasteiger partial charge is 0.456 e. The minimum atomic E-state index is -0.427. The van der Waals surface area contributed by atoms with Crippen LogP contribution in [0.1, 0.15) is 27.2 Å². The summed E-state index contributed by atoms with van der Waals surface area (Å²) in [5, 5.41) is 11.5. The first kappa shape index (κ1) is 15.9. The number of aryl methyl sites for hydroxylation is 1. The first-order chi connectivity index (χ1) is 11.7. The highest BCUT2D eigenvalue weighted by Gasteiger charge is 2.10. The molecule has 1 aromatic heterocycles. The van der Waals surface area contributed by atoms with Crippen LogP contribution in [0.15, 0.2) is 53.9 Å². The second-order valence-electron chi connectivity index (χ2n) is 5.28. The topological polar surface area (TPSA) is 63.0 Å². The molecule has 5 heteroatoms. The number of carbonyl (C=O) groups excluding carboxylic acids is 1. The Kier molecular flexibility index (Phi) is 4.69. The molecule has 0 aliphatic rings. The predicted octanol–water partition coefficient (Wildman–Crippen LogP) is 4.35. The van der Waals surface area contributed by atoms with E-state index in [0.717, 1.165) is 16.3 Å². The summed E-state index contributed by atoms with van der Waals surface area (Å²) in [6.45, 7) is 2.17. The van der Waals surface area contributed by atoms with Crippen molar-refractivity contribution in [2.45, 2.75) is 13.5 Å². The van der Waals surface area contributed by atoms with Gasteiger partial charge in [0.15, 0.2) is 0 Å². The molecule has 0 unspecified atom stereocenters. The third-order valence-electron chi connectivity index (χ3n) is 3.45. The highest BCUT2D eigenvalue weighted by Crippen LogP contribution is 2.24. The van der Waals surface area contributed by atoms with Gasteiger partial charge in [-0.05, 0) is 31.2 Å². The van der Waals surface area contributed by atoms with Gasteiger partial charge >= 0.3 is 5.97 Å². The highest BCUT2D eigenvalue weighted by molar-refractivity contribution is 7.13. The number of aromatic nitrogens is 1. The Labute approximate surface area is 144 Å². The van der Waals surface area contributed by atoms with Gasteiger partial charge in [0.2, 0.25) is 0 Å². The quantitative estimate of drug-likeness (QED) is 0.666. The zero-order chi connectivity index (χ0) is 16.9. The molecule has 0 fully saturated rings. The van der Waals surface area contributed by atoms with Crippen molar-refractivity contribution in [1.29, 1.82) is 5.26 Å². The number of benzene rings is 2. The lowest BCUT2D eigenvalue weighted by molar-refractivity contribution is 0.0468. The number of carbonyl (C=O) groups is 1. The number of nitriles is 1. The summed E-state index contributed by atoms with van der Waals surface area (Å²) in [5.74, 6) is -0.427. The van der Waals surface area contributed by atoms with Gasteiger partial charge in [0.25, 0.3) is 0 Å². The van der Waals surface area contributed by atoms with Crippen molar-refractivity contribution < 1.29 is 9.53 Å². The van der Waals surface area contributed by atoms with Crippen LogP contribution in [0.25, 0.3) is 10.6 Å². The van der Waals surface area contributed by atoms with Gasteiger partial charge in [-0.3, -0.25) is 0 Å². The normalized spacial score (nSPS) is 10.2. The van der Waals surface area contributed by atoms with Crippen LogP contribution in [-0.2, 0) is 11.3 Å². The van der Waals surface area contributed by atoms with Crippen LogP contribution in [0.2, 0.25) is 0 Å². The number of hydrogen-bond acceptors (Lipinski definition) is 5. The summed E-state index contributed by atoms with van der Waals surface area (Å²) < 4.78 is 5.28. The van der Waals surface area contributed by atoms with Crippen molar-refractivity contribution in [2.24, 2.45) is 0 Å². The van der Waals surface area contributed by atoms with E-state index >= 15 is 0 Å². The van der Waals surface area contributed by atoms with Gasteiger partial charge in [0.05, 0.1) is 22.9 Å². The van der Waals surface area contributed by atoms with Crippen molar-refractivity contribution in [3.8, 4) is 16.6 Å². The van der Waals surface area contributed by atoms with E-state index in [1.165, 1.54) is 16.9 Å². The van der Waals surface area contributed by atoms with Gasteiger partial charge in [-0.25, -0.2) is 9.78 Å². The van der Waals surface area contributed by atoms with Crippen LogP contribution in [0, 0.1) is 18.3 Å². The Morgan fingerprint density at radius 3 is 2.54 bits per heavy atom. The molecule has 0 spiro atoms. The maximum atomic E-state index is 12.0. The molecule has 0 atom stereocenters. The molecule has 24 heavy (non-hydrogen) atoms. The Balaban J connectivity index is 1.63. The van der Waals surface area contributed by atoms with Crippen LogP contribution in [0.4, 0.5) is 0 Å². The molecule has 0 N–H and O–H groups in total. The molecule has 2 aromatic carbocycles. The average molecular weight is 334 g/mol. The summed E-state index contributed by atoms with van der Waals surface area (Å²) in [6, 6.07) is 16.5. The smallest absolute Gasteiger partial charge is 0.338 e. The van der Waals surface area contributed by atoms with E-state index in [9.17, 15) is 4.79 Å². The highest BCUT2D eigenvalue weighted by atomic mass is 32.1. The number of ether oxygens (including phenoxy) is 1. The van der Waals surface area contributed by atoms with E-state index in [0.29, 0.717) is 11.1 Å². The van der Waals surface area contributed by atoms with Crippen LogP contribution in [0.3, 0.4) is 0 Å². The van der Waals surface area contributed by atoms with Crippen molar-refractivity contribution >= 4 is 17.3 Å². The Morgan fingerprint density at radius 1 is 1.17 bits per heavy atom. The number of nitrogens with zero attached hydrogens (tertiary/aromatic N) is 2. The minimum absolute atomic E-state index is 0.126. The fourth-order valence-electron chi connectivity index (χ4n) is 2.11. The zero-order valence-electron chi connectivity index (χ0n) is 13.0. The molecular weight excluding hydrogens is 320 g/mol. The third-order valence-corrected chi connectivity index (χ3v) is 4.39. The molecule has 0 aliphatic heterocycles.